The van der Waals surface area contributed by atoms with E-state index in [2.05, 4.69) is 14.0 Å². The molecule has 98 valence electrons. The third-order valence-electron chi connectivity index (χ3n) is 2.84. The number of rotatable bonds is 2. The number of hydrogen-bond donors (Lipinski definition) is 1. The van der Waals surface area contributed by atoms with Gasteiger partial charge in [0.05, 0.1) is 5.70 Å². The Bertz CT molecular complexity index is 747. The van der Waals surface area contributed by atoms with Crippen molar-refractivity contribution >= 4 is 63.7 Å². The highest BCUT2D eigenvalue weighted by Gasteiger charge is 2.29. The van der Waals surface area contributed by atoms with Gasteiger partial charge in [-0.05, 0) is 55.0 Å². The molecular weight excluding hydrogens is 398 g/mol. The molecule has 6 heteroatoms. The van der Waals surface area contributed by atoms with Crippen LogP contribution in [0.25, 0.3) is 10.2 Å². The molecule has 0 aromatic carbocycles. The van der Waals surface area contributed by atoms with Crippen LogP contribution in [0.5, 0.6) is 0 Å². The van der Waals surface area contributed by atoms with Crippen LogP contribution in [0.15, 0.2) is 11.8 Å². The molecule has 3 rings (SSSR count). The maximum atomic E-state index is 11.8. The number of allylic oxidation sites excluding steroid dienone is 1. The van der Waals surface area contributed by atoms with Gasteiger partial charge in [0.25, 0.3) is 0 Å². The van der Waals surface area contributed by atoms with Gasteiger partial charge in [0, 0.05) is 11.1 Å². The van der Waals surface area contributed by atoms with E-state index < -0.39 is 20.7 Å². The number of aromatic nitrogens is 1. The van der Waals surface area contributed by atoms with Crippen LogP contribution in [-0.2, 0) is 4.79 Å². The predicted molar refractivity (Wildman–Crippen MR) is 85.8 cm³/mol. The SMILES string of the molecule is O=C(NC1=C=IC=c2c(Cl)nc(Cl)cc2=C1)C1CC1. The van der Waals surface area contributed by atoms with Gasteiger partial charge in [0.15, 0.2) is 0 Å². The zero-order valence-electron chi connectivity index (χ0n) is 9.71. The summed E-state index contributed by atoms with van der Waals surface area (Å²) in [6.07, 6.45) is 3.83. The monoisotopic (exact) mass is 406 g/mol. The molecule has 0 radical (unpaired) electrons. The van der Waals surface area contributed by atoms with E-state index in [0.717, 1.165) is 29.0 Å². The van der Waals surface area contributed by atoms with E-state index in [9.17, 15) is 4.79 Å². The maximum Gasteiger partial charge on any atom is 0.227 e. The van der Waals surface area contributed by atoms with Gasteiger partial charge in [-0.3, -0.25) is 4.79 Å². The Kier molecular flexibility index (Phi) is 3.76. The first kappa shape index (κ1) is 13.3. The minimum Gasteiger partial charge on any atom is -0.319 e. The van der Waals surface area contributed by atoms with Crippen LogP contribution in [0.2, 0.25) is 10.3 Å². The van der Waals surface area contributed by atoms with Crippen LogP contribution in [0.1, 0.15) is 12.8 Å². The van der Waals surface area contributed by atoms with Gasteiger partial charge in [-0.1, -0.05) is 26.9 Å². The minimum absolute atomic E-state index is 0.0810. The van der Waals surface area contributed by atoms with E-state index in [1.165, 1.54) is 0 Å². The largest absolute Gasteiger partial charge is 0.319 e. The number of carbonyl (C=O) groups excluding carboxylic acids is 1. The van der Waals surface area contributed by atoms with Crippen molar-refractivity contribution in [3.05, 3.63) is 32.5 Å². The third-order valence-corrected chi connectivity index (χ3v) is 5.15. The van der Waals surface area contributed by atoms with E-state index in [1.807, 2.05) is 10.2 Å². The van der Waals surface area contributed by atoms with Gasteiger partial charge in [-0.25, -0.2) is 4.98 Å². The van der Waals surface area contributed by atoms with Gasteiger partial charge < -0.3 is 5.32 Å². The molecule has 1 N–H and O–H groups in total. The predicted octanol–water partition coefficient (Wildman–Crippen LogP) is 1.70. The molecule has 1 fully saturated rings. The van der Waals surface area contributed by atoms with E-state index >= 15 is 0 Å². The van der Waals surface area contributed by atoms with Crippen molar-refractivity contribution < 1.29 is 4.79 Å². The molecule has 1 aliphatic carbocycles. The Morgan fingerprint density at radius 3 is 3.00 bits per heavy atom. The number of nitrogens with zero attached hydrogens (tertiary/aromatic N) is 1. The molecule has 2 heterocycles. The normalized spacial score (nSPS) is 17.1. The molecule has 1 saturated carbocycles. The molecule has 1 aliphatic heterocycles. The second-order valence-corrected chi connectivity index (χ2v) is 6.90. The summed E-state index contributed by atoms with van der Waals surface area (Å²) in [4.78, 5) is 15.8. The molecule has 0 saturated heterocycles. The molecule has 19 heavy (non-hydrogen) atoms. The molecule has 2 aliphatic rings. The molecule has 0 bridgehead atoms. The Morgan fingerprint density at radius 2 is 2.26 bits per heavy atom. The van der Waals surface area contributed by atoms with Crippen molar-refractivity contribution in [1.29, 1.82) is 0 Å². The van der Waals surface area contributed by atoms with E-state index in [-0.39, 0.29) is 11.8 Å². The maximum absolute atomic E-state index is 11.8. The van der Waals surface area contributed by atoms with Crippen LogP contribution in [0.3, 0.4) is 0 Å². The Hall–Kier alpha value is -0.680. The van der Waals surface area contributed by atoms with E-state index in [1.54, 1.807) is 6.07 Å². The molecule has 1 aromatic rings. The van der Waals surface area contributed by atoms with Crippen molar-refractivity contribution in [1.82, 2.24) is 10.3 Å². The van der Waals surface area contributed by atoms with Gasteiger partial charge in [0.1, 0.15) is 10.3 Å². The zero-order chi connectivity index (χ0) is 13.4. The number of halogens is 3. The van der Waals surface area contributed by atoms with Crippen molar-refractivity contribution in [3.63, 3.8) is 0 Å². The van der Waals surface area contributed by atoms with Gasteiger partial charge in [-0.2, -0.15) is 0 Å². The first-order chi connectivity index (χ1) is 9.13. The van der Waals surface area contributed by atoms with Gasteiger partial charge >= 0.3 is 0 Å². The van der Waals surface area contributed by atoms with Crippen LogP contribution in [0, 0.1) is 5.92 Å². The number of nitrogens with one attached hydrogen (secondary N) is 1. The first-order valence-corrected chi connectivity index (χ1v) is 8.82. The third kappa shape index (κ3) is 3.08. The lowest BCUT2D eigenvalue weighted by atomic mass is 10.2. The highest BCUT2D eigenvalue weighted by molar-refractivity contribution is 14.2. The number of fused-ring (bicyclic) bond motifs is 1. The number of pyridine rings is 1. The molecule has 0 spiro atoms. The molecule has 1 aromatic heterocycles. The minimum atomic E-state index is -0.426. The molecule has 3 nitrogen and oxygen atoms in total. The molecule has 1 amide bonds. The van der Waals surface area contributed by atoms with Crippen LogP contribution in [0.4, 0.5) is 0 Å². The average Bonchev–Trinajstić information content (AvgIpc) is 3.13. The average molecular weight is 407 g/mol. The quantitative estimate of drug-likeness (QED) is 0.600. The Labute approximate surface area is 129 Å². The number of carbonyl (C=O) groups is 1. The fraction of sp³-hybridized carbons (Fsp3) is 0.231. The first-order valence-electron chi connectivity index (χ1n) is 5.74. The highest BCUT2D eigenvalue weighted by Crippen LogP contribution is 2.29. The fourth-order valence-corrected chi connectivity index (χ4v) is 4.13. The summed E-state index contributed by atoms with van der Waals surface area (Å²) in [6.45, 7) is 0. The second kappa shape index (κ2) is 5.37. The Balaban J connectivity index is 2.02. The summed E-state index contributed by atoms with van der Waals surface area (Å²) in [5.74, 6) is 0.259. The topological polar surface area (TPSA) is 42.0 Å². The Morgan fingerprint density at radius 1 is 1.47 bits per heavy atom. The van der Waals surface area contributed by atoms with Crippen molar-refractivity contribution in [2.24, 2.45) is 5.92 Å². The lowest BCUT2D eigenvalue weighted by Crippen LogP contribution is -2.29. The summed E-state index contributed by atoms with van der Waals surface area (Å²) in [6, 6.07) is 1.75. The van der Waals surface area contributed by atoms with Crippen molar-refractivity contribution in [2.45, 2.75) is 12.8 Å². The van der Waals surface area contributed by atoms with E-state index in [0.29, 0.717) is 10.3 Å². The van der Waals surface area contributed by atoms with Crippen molar-refractivity contribution in [3.8, 4) is 0 Å². The lowest BCUT2D eigenvalue weighted by molar-refractivity contribution is -0.121. The summed E-state index contributed by atoms with van der Waals surface area (Å²) >= 11 is 11.6. The summed E-state index contributed by atoms with van der Waals surface area (Å²) in [5.41, 5.74) is 0.720. The van der Waals surface area contributed by atoms with Crippen LogP contribution in [-0.4, -0.2) is 14.6 Å². The van der Waals surface area contributed by atoms with E-state index in [4.69, 9.17) is 23.2 Å². The summed E-state index contributed by atoms with van der Waals surface area (Å²) < 4.78 is 5.28. The van der Waals surface area contributed by atoms with Gasteiger partial charge in [-0.15, -0.1) is 0 Å². The van der Waals surface area contributed by atoms with Gasteiger partial charge in [0.2, 0.25) is 5.91 Å². The summed E-state index contributed by atoms with van der Waals surface area (Å²) in [7, 11) is 0. The van der Waals surface area contributed by atoms with Crippen molar-refractivity contribution in [2.75, 3.05) is 0 Å². The number of hydrogen-bond acceptors (Lipinski definition) is 2. The lowest BCUT2D eigenvalue weighted by Gasteiger charge is -2.01. The number of amides is 1. The van der Waals surface area contributed by atoms with Crippen LogP contribution < -0.4 is 15.8 Å². The summed E-state index contributed by atoms with van der Waals surface area (Å²) in [5, 5.41) is 5.41. The zero-order valence-corrected chi connectivity index (χ0v) is 13.4. The highest BCUT2D eigenvalue weighted by atomic mass is 127. The molecule has 0 atom stereocenters. The molecular formula is C13H9Cl2IN2O. The fourth-order valence-electron chi connectivity index (χ4n) is 1.70. The molecule has 0 unspecified atom stereocenters. The van der Waals surface area contributed by atoms with Crippen LogP contribution >= 0.6 is 43.9 Å². The smallest absolute Gasteiger partial charge is 0.227 e. The second-order valence-electron chi connectivity index (χ2n) is 4.37. The standard InChI is InChI=1S/C13H9Cl2IN2O/c14-11-4-8-3-9(17-13(19)7-1-2-7)5-16-6-10(8)12(15)18-11/h3-4,6-7H,1-2H2,(H,17,19).